The maximum atomic E-state index is 12.9. The fourth-order valence-electron chi connectivity index (χ4n) is 1.77. The van der Waals surface area contributed by atoms with Gasteiger partial charge < -0.3 is 10.3 Å². The lowest BCUT2D eigenvalue weighted by molar-refractivity contribution is 0.624. The SMILES string of the molecule is Cc1cc(F)ccc1CCNCc1cnc[nH]1. The third-order valence-corrected chi connectivity index (χ3v) is 2.75. The lowest BCUT2D eigenvalue weighted by atomic mass is 10.1. The van der Waals surface area contributed by atoms with Crippen molar-refractivity contribution >= 4 is 0 Å². The van der Waals surface area contributed by atoms with Gasteiger partial charge in [-0.15, -0.1) is 0 Å². The second-order valence-electron chi connectivity index (χ2n) is 4.07. The molecule has 1 heterocycles. The van der Waals surface area contributed by atoms with E-state index in [0.29, 0.717) is 0 Å². The zero-order valence-electron chi connectivity index (χ0n) is 9.83. The molecule has 0 atom stereocenters. The van der Waals surface area contributed by atoms with Crippen LogP contribution >= 0.6 is 0 Å². The molecule has 0 spiro atoms. The van der Waals surface area contributed by atoms with E-state index in [1.807, 2.05) is 13.0 Å². The Hall–Kier alpha value is -1.68. The van der Waals surface area contributed by atoms with Crippen molar-refractivity contribution in [1.29, 1.82) is 0 Å². The Morgan fingerprint density at radius 2 is 2.29 bits per heavy atom. The van der Waals surface area contributed by atoms with E-state index in [1.54, 1.807) is 18.6 Å². The van der Waals surface area contributed by atoms with Crippen molar-refractivity contribution in [2.24, 2.45) is 0 Å². The van der Waals surface area contributed by atoms with Gasteiger partial charge in [0.2, 0.25) is 0 Å². The summed E-state index contributed by atoms with van der Waals surface area (Å²) in [6.45, 7) is 3.58. The molecular weight excluding hydrogens is 217 g/mol. The normalized spacial score (nSPS) is 10.7. The van der Waals surface area contributed by atoms with Crippen LogP contribution in [0.15, 0.2) is 30.7 Å². The van der Waals surface area contributed by atoms with Gasteiger partial charge in [-0.3, -0.25) is 0 Å². The van der Waals surface area contributed by atoms with Gasteiger partial charge >= 0.3 is 0 Å². The van der Waals surface area contributed by atoms with Gasteiger partial charge in [0.05, 0.1) is 6.33 Å². The Morgan fingerprint density at radius 1 is 1.41 bits per heavy atom. The van der Waals surface area contributed by atoms with Crippen LogP contribution in [0.1, 0.15) is 16.8 Å². The molecule has 0 unspecified atom stereocenters. The van der Waals surface area contributed by atoms with E-state index in [4.69, 9.17) is 0 Å². The van der Waals surface area contributed by atoms with Crippen LogP contribution in [-0.4, -0.2) is 16.5 Å². The fourth-order valence-corrected chi connectivity index (χ4v) is 1.77. The van der Waals surface area contributed by atoms with Crippen LogP contribution in [-0.2, 0) is 13.0 Å². The first-order valence-electron chi connectivity index (χ1n) is 5.68. The number of nitrogens with one attached hydrogen (secondary N) is 2. The van der Waals surface area contributed by atoms with E-state index in [9.17, 15) is 4.39 Å². The van der Waals surface area contributed by atoms with Crippen molar-refractivity contribution in [2.45, 2.75) is 19.9 Å². The van der Waals surface area contributed by atoms with Crippen molar-refractivity contribution < 1.29 is 4.39 Å². The first-order valence-corrected chi connectivity index (χ1v) is 5.68. The number of aromatic nitrogens is 2. The molecule has 0 bridgehead atoms. The molecule has 0 saturated carbocycles. The van der Waals surface area contributed by atoms with Crippen LogP contribution in [0.3, 0.4) is 0 Å². The van der Waals surface area contributed by atoms with Crippen LogP contribution in [0, 0.1) is 12.7 Å². The maximum absolute atomic E-state index is 12.9. The third-order valence-electron chi connectivity index (χ3n) is 2.75. The number of halogens is 1. The van der Waals surface area contributed by atoms with Crippen molar-refractivity contribution in [3.8, 4) is 0 Å². The molecule has 0 aliphatic heterocycles. The number of hydrogen-bond acceptors (Lipinski definition) is 2. The zero-order chi connectivity index (χ0) is 12.1. The van der Waals surface area contributed by atoms with E-state index < -0.39 is 0 Å². The van der Waals surface area contributed by atoms with Gasteiger partial charge in [-0.25, -0.2) is 9.37 Å². The Kier molecular flexibility index (Phi) is 3.88. The quantitative estimate of drug-likeness (QED) is 0.777. The molecule has 0 aliphatic carbocycles. The second-order valence-corrected chi connectivity index (χ2v) is 4.07. The van der Waals surface area contributed by atoms with Gasteiger partial charge in [0, 0.05) is 18.4 Å². The fraction of sp³-hybridized carbons (Fsp3) is 0.308. The molecule has 1 aromatic carbocycles. The minimum atomic E-state index is -0.170. The Bertz CT molecular complexity index is 466. The molecule has 0 radical (unpaired) electrons. The Balaban J connectivity index is 1.78. The molecule has 0 saturated heterocycles. The number of aromatic amines is 1. The number of rotatable bonds is 5. The third kappa shape index (κ3) is 3.39. The highest BCUT2D eigenvalue weighted by molar-refractivity contribution is 5.26. The molecule has 90 valence electrons. The van der Waals surface area contributed by atoms with E-state index in [-0.39, 0.29) is 5.82 Å². The smallest absolute Gasteiger partial charge is 0.123 e. The Labute approximate surface area is 100 Å². The summed E-state index contributed by atoms with van der Waals surface area (Å²) in [5.41, 5.74) is 3.26. The van der Waals surface area contributed by atoms with Gasteiger partial charge in [-0.1, -0.05) is 6.07 Å². The van der Waals surface area contributed by atoms with Gasteiger partial charge in [0.1, 0.15) is 5.82 Å². The highest BCUT2D eigenvalue weighted by atomic mass is 19.1. The predicted molar refractivity (Wildman–Crippen MR) is 65.1 cm³/mol. The summed E-state index contributed by atoms with van der Waals surface area (Å²) < 4.78 is 12.9. The van der Waals surface area contributed by atoms with E-state index in [2.05, 4.69) is 15.3 Å². The van der Waals surface area contributed by atoms with Crippen molar-refractivity contribution in [2.75, 3.05) is 6.54 Å². The molecular formula is C13H16FN3. The molecule has 17 heavy (non-hydrogen) atoms. The summed E-state index contributed by atoms with van der Waals surface area (Å²) in [6.07, 6.45) is 4.37. The molecule has 3 nitrogen and oxygen atoms in total. The van der Waals surface area contributed by atoms with Crippen LogP contribution in [0.4, 0.5) is 4.39 Å². The number of benzene rings is 1. The van der Waals surface area contributed by atoms with Crippen molar-refractivity contribution in [1.82, 2.24) is 15.3 Å². The van der Waals surface area contributed by atoms with Crippen LogP contribution in [0.25, 0.3) is 0 Å². The Morgan fingerprint density at radius 3 is 3.00 bits per heavy atom. The van der Waals surface area contributed by atoms with Crippen molar-refractivity contribution in [3.63, 3.8) is 0 Å². The lowest BCUT2D eigenvalue weighted by Crippen LogP contribution is -2.17. The second kappa shape index (κ2) is 5.59. The molecule has 2 aromatic rings. The number of nitrogens with zero attached hydrogens (tertiary/aromatic N) is 1. The van der Waals surface area contributed by atoms with Gasteiger partial charge in [-0.2, -0.15) is 0 Å². The molecule has 0 amide bonds. The lowest BCUT2D eigenvalue weighted by Gasteiger charge is -2.06. The summed E-state index contributed by atoms with van der Waals surface area (Å²) in [6, 6.07) is 4.93. The van der Waals surface area contributed by atoms with Crippen molar-refractivity contribution in [3.05, 3.63) is 53.4 Å². The minimum Gasteiger partial charge on any atom is -0.347 e. The molecule has 1 aromatic heterocycles. The number of H-pyrrole nitrogens is 1. The number of imidazole rings is 1. The van der Waals surface area contributed by atoms with E-state index >= 15 is 0 Å². The van der Waals surface area contributed by atoms with E-state index in [1.165, 1.54) is 11.6 Å². The molecule has 0 fully saturated rings. The van der Waals surface area contributed by atoms with E-state index in [0.717, 1.165) is 30.8 Å². The summed E-state index contributed by atoms with van der Waals surface area (Å²) in [5, 5.41) is 3.31. The molecule has 2 N–H and O–H groups in total. The topological polar surface area (TPSA) is 40.7 Å². The summed E-state index contributed by atoms with van der Waals surface area (Å²) in [4.78, 5) is 6.98. The average molecular weight is 233 g/mol. The molecule has 4 heteroatoms. The van der Waals surface area contributed by atoms with Gasteiger partial charge in [0.15, 0.2) is 0 Å². The largest absolute Gasteiger partial charge is 0.347 e. The number of aryl methyl sites for hydroxylation is 1. The highest BCUT2D eigenvalue weighted by Crippen LogP contribution is 2.10. The zero-order valence-corrected chi connectivity index (χ0v) is 9.83. The first kappa shape index (κ1) is 11.8. The maximum Gasteiger partial charge on any atom is 0.123 e. The predicted octanol–water partition coefficient (Wildman–Crippen LogP) is 2.19. The molecule has 2 rings (SSSR count). The highest BCUT2D eigenvalue weighted by Gasteiger charge is 2.00. The standard InChI is InChI=1S/C13H16FN3/c1-10-6-12(14)3-2-11(10)4-5-15-7-13-8-16-9-17-13/h2-3,6,8-9,15H,4-5,7H2,1H3,(H,16,17). The van der Waals surface area contributed by atoms with Gasteiger partial charge in [0.25, 0.3) is 0 Å². The summed E-state index contributed by atoms with van der Waals surface area (Å²) >= 11 is 0. The average Bonchev–Trinajstić information content (AvgIpc) is 2.79. The molecule has 0 aliphatic rings. The monoisotopic (exact) mass is 233 g/mol. The minimum absolute atomic E-state index is 0.170. The van der Waals surface area contributed by atoms with Crippen LogP contribution in [0.2, 0.25) is 0 Å². The van der Waals surface area contributed by atoms with Gasteiger partial charge in [-0.05, 0) is 43.1 Å². The van der Waals surface area contributed by atoms with Crippen LogP contribution < -0.4 is 5.32 Å². The van der Waals surface area contributed by atoms with Crippen LogP contribution in [0.5, 0.6) is 0 Å². The number of hydrogen-bond donors (Lipinski definition) is 2. The summed E-state index contributed by atoms with van der Waals surface area (Å²) in [5.74, 6) is -0.170. The summed E-state index contributed by atoms with van der Waals surface area (Å²) in [7, 11) is 0. The first-order chi connectivity index (χ1) is 8.25.